The van der Waals surface area contributed by atoms with Crippen LogP contribution in [-0.4, -0.2) is 42.5 Å². The fourth-order valence-electron chi connectivity index (χ4n) is 4.06. The van der Waals surface area contributed by atoms with Crippen molar-refractivity contribution in [2.45, 2.75) is 32.0 Å². The summed E-state index contributed by atoms with van der Waals surface area (Å²) >= 11 is 6.05. The average molecular weight is 413 g/mol. The molecule has 2 saturated heterocycles. The van der Waals surface area contributed by atoms with E-state index in [9.17, 15) is 9.59 Å². The molecular weight excluding hydrogens is 388 g/mol. The molecule has 2 aliphatic rings. The highest BCUT2D eigenvalue weighted by Crippen LogP contribution is 2.29. The molecule has 29 heavy (non-hydrogen) atoms. The van der Waals surface area contributed by atoms with Crippen molar-refractivity contribution in [3.8, 4) is 0 Å². The molecule has 2 fully saturated rings. The number of halogens is 1. The minimum atomic E-state index is -0.289. The molecule has 6 heteroatoms. The fraction of sp³-hybridized carbons (Fsp3) is 0.391. The highest BCUT2D eigenvalue weighted by molar-refractivity contribution is 6.31. The van der Waals surface area contributed by atoms with Crippen molar-refractivity contribution in [1.82, 2.24) is 4.90 Å². The standard InChI is InChI=1S/C23H25ClN2O3/c24-19-7-4-8-20(14-19)26-15-18(13-22(26)27)23(28)25-11-9-21(10-12-25)29-16-17-5-2-1-3-6-17/h1-8,14,18,21H,9-13,15-16H2/t18-/m0/s1. The summed E-state index contributed by atoms with van der Waals surface area (Å²) in [6.07, 6.45) is 2.09. The number of piperidine rings is 1. The molecule has 0 radical (unpaired) electrons. The normalized spacial score (nSPS) is 20.3. The SMILES string of the molecule is O=C([C@H]1CC(=O)N(c2cccc(Cl)c2)C1)N1CCC(OCc2ccccc2)CC1. The van der Waals surface area contributed by atoms with E-state index in [1.165, 1.54) is 0 Å². The maximum atomic E-state index is 13.0. The summed E-state index contributed by atoms with van der Waals surface area (Å²) in [5, 5.41) is 0.586. The molecular formula is C23H25ClN2O3. The molecule has 4 rings (SSSR count). The number of anilines is 1. The van der Waals surface area contributed by atoms with Gasteiger partial charge in [-0.1, -0.05) is 48.0 Å². The lowest BCUT2D eigenvalue weighted by Crippen LogP contribution is -2.44. The van der Waals surface area contributed by atoms with Crippen molar-refractivity contribution >= 4 is 29.1 Å². The molecule has 2 aromatic rings. The molecule has 2 aromatic carbocycles. The van der Waals surface area contributed by atoms with Crippen LogP contribution in [0.25, 0.3) is 0 Å². The number of carbonyl (C=O) groups is 2. The lowest BCUT2D eigenvalue weighted by Gasteiger charge is -2.33. The molecule has 152 valence electrons. The number of hydrogen-bond donors (Lipinski definition) is 0. The van der Waals surface area contributed by atoms with Crippen LogP contribution in [0.4, 0.5) is 5.69 Å². The molecule has 0 unspecified atom stereocenters. The quantitative estimate of drug-likeness (QED) is 0.748. The van der Waals surface area contributed by atoms with Crippen LogP contribution in [0.3, 0.4) is 0 Å². The van der Waals surface area contributed by atoms with Gasteiger partial charge in [-0.15, -0.1) is 0 Å². The zero-order valence-corrected chi connectivity index (χ0v) is 17.1. The van der Waals surface area contributed by atoms with Crippen LogP contribution in [0.2, 0.25) is 5.02 Å². The third-order valence-electron chi connectivity index (χ3n) is 5.68. The molecule has 5 nitrogen and oxygen atoms in total. The molecule has 2 amide bonds. The van der Waals surface area contributed by atoms with E-state index in [0.29, 0.717) is 31.3 Å². The van der Waals surface area contributed by atoms with Gasteiger partial charge in [-0.25, -0.2) is 0 Å². The first-order valence-corrected chi connectivity index (χ1v) is 10.5. The monoisotopic (exact) mass is 412 g/mol. The zero-order valence-electron chi connectivity index (χ0n) is 16.3. The number of nitrogens with zero attached hydrogens (tertiary/aromatic N) is 2. The first kappa shape index (κ1) is 19.9. The van der Waals surface area contributed by atoms with E-state index in [0.717, 1.165) is 24.1 Å². The van der Waals surface area contributed by atoms with Gasteiger partial charge in [-0.3, -0.25) is 9.59 Å². The molecule has 0 bridgehead atoms. The minimum absolute atomic E-state index is 0.0216. The summed E-state index contributed by atoms with van der Waals surface area (Å²) in [6.45, 7) is 2.38. The molecule has 0 N–H and O–H groups in total. The van der Waals surface area contributed by atoms with Crippen LogP contribution >= 0.6 is 11.6 Å². The lowest BCUT2D eigenvalue weighted by atomic mass is 10.0. The second kappa shape index (κ2) is 8.97. The predicted octanol–water partition coefficient (Wildman–Crippen LogP) is 3.90. The Morgan fingerprint density at radius 1 is 1.07 bits per heavy atom. The van der Waals surface area contributed by atoms with Gasteiger partial charge in [-0.2, -0.15) is 0 Å². The van der Waals surface area contributed by atoms with E-state index < -0.39 is 0 Å². The van der Waals surface area contributed by atoms with E-state index in [-0.39, 0.29) is 30.3 Å². The van der Waals surface area contributed by atoms with Crippen LogP contribution in [-0.2, 0) is 20.9 Å². The fourth-order valence-corrected chi connectivity index (χ4v) is 4.24. The first-order valence-electron chi connectivity index (χ1n) is 10.1. The molecule has 0 aliphatic carbocycles. The molecule has 0 spiro atoms. The van der Waals surface area contributed by atoms with Crippen LogP contribution < -0.4 is 4.90 Å². The van der Waals surface area contributed by atoms with Crippen LogP contribution in [0, 0.1) is 5.92 Å². The van der Waals surface area contributed by atoms with Crippen LogP contribution in [0.15, 0.2) is 54.6 Å². The van der Waals surface area contributed by atoms with E-state index in [2.05, 4.69) is 12.1 Å². The largest absolute Gasteiger partial charge is 0.373 e. The van der Waals surface area contributed by atoms with E-state index in [4.69, 9.17) is 16.3 Å². The Morgan fingerprint density at radius 2 is 1.83 bits per heavy atom. The highest BCUT2D eigenvalue weighted by atomic mass is 35.5. The van der Waals surface area contributed by atoms with E-state index >= 15 is 0 Å². The van der Waals surface area contributed by atoms with Gasteiger partial charge in [0.05, 0.1) is 18.6 Å². The molecule has 0 saturated carbocycles. The third-order valence-corrected chi connectivity index (χ3v) is 5.91. The second-order valence-electron chi connectivity index (χ2n) is 7.71. The Labute approximate surface area is 176 Å². The molecule has 1 atom stereocenters. The first-order chi connectivity index (χ1) is 14.1. The van der Waals surface area contributed by atoms with Crippen molar-refractivity contribution in [3.63, 3.8) is 0 Å². The summed E-state index contributed by atoms with van der Waals surface area (Å²) in [4.78, 5) is 29.0. The molecule has 2 aliphatic heterocycles. The number of ether oxygens (including phenoxy) is 1. The summed E-state index contributed by atoms with van der Waals surface area (Å²) in [6, 6.07) is 17.3. The molecule has 2 heterocycles. The van der Waals surface area contributed by atoms with E-state index in [1.807, 2.05) is 35.2 Å². The van der Waals surface area contributed by atoms with Gasteiger partial charge in [0.2, 0.25) is 11.8 Å². The van der Waals surface area contributed by atoms with Gasteiger partial charge < -0.3 is 14.5 Å². The smallest absolute Gasteiger partial charge is 0.228 e. The van der Waals surface area contributed by atoms with Crippen molar-refractivity contribution in [2.24, 2.45) is 5.92 Å². The number of carbonyl (C=O) groups excluding carboxylic acids is 2. The van der Waals surface area contributed by atoms with Crippen LogP contribution in [0.1, 0.15) is 24.8 Å². The number of benzene rings is 2. The number of rotatable bonds is 5. The third kappa shape index (κ3) is 4.80. The van der Waals surface area contributed by atoms with Gasteiger partial charge >= 0.3 is 0 Å². The van der Waals surface area contributed by atoms with Crippen molar-refractivity contribution < 1.29 is 14.3 Å². The Bertz CT molecular complexity index is 865. The minimum Gasteiger partial charge on any atom is -0.373 e. The Kier molecular flexibility index (Phi) is 6.16. The van der Waals surface area contributed by atoms with Crippen molar-refractivity contribution in [1.29, 1.82) is 0 Å². The van der Waals surface area contributed by atoms with E-state index in [1.54, 1.807) is 17.0 Å². The maximum Gasteiger partial charge on any atom is 0.228 e. The average Bonchev–Trinajstić information content (AvgIpc) is 3.14. The molecule has 0 aromatic heterocycles. The number of hydrogen-bond acceptors (Lipinski definition) is 3. The number of likely N-dealkylation sites (tertiary alicyclic amines) is 1. The zero-order chi connectivity index (χ0) is 20.2. The summed E-state index contributed by atoms with van der Waals surface area (Å²) in [5.74, 6) is -0.237. The Balaban J connectivity index is 1.28. The topological polar surface area (TPSA) is 49.9 Å². The summed E-state index contributed by atoms with van der Waals surface area (Å²) < 4.78 is 6.01. The number of amides is 2. The van der Waals surface area contributed by atoms with Crippen LogP contribution in [0.5, 0.6) is 0 Å². The Hall–Kier alpha value is -2.37. The Morgan fingerprint density at radius 3 is 2.55 bits per heavy atom. The van der Waals surface area contributed by atoms with Crippen molar-refractivity contribution in [3.05, 3.63) is 65.2 Å². The maximum absolute atomic E-state index is 13.0. The second-order valence-corrected chi connectivity index (χ2v) is 8.14. The predicted molar refractivity (Wildman–Crippen MR) is 113 cm³/mol. The summed E-state index contributed by atoms with van der Waals surface area (Å²) in [5.41, 5.74) is 1.92. The van der Waals surface area contributed by atoms with Gasteiger partial charge in [0, 0.05) is 36.8 Å². The highest BCUT2D eigenvalue weighted by Gasteiger charge is 2.38. The van der Waals surface area contributed by atoms with Gasteiger partial charge in [0.15, 0.2) is 0 Å². The lowest BCUT2D eigenvalue weighted by molar-refractivity contribution is -0.138. The summed E-state index contributed by atoms with van der Waals surface area (Å²) in [7, 11) is 0. The van der Waals surface area contributed by atoms with Gasteiger partial charge in [0.25, 0.3) is 0 Å². The van der Waals surface area contributed by atoms with Gasteiger partial charge in [0.1, 0.15) is 0 Å². The van der Waals surface area contributed by atoms with Gasteiger partial charge in [-0.05, 0) is 36.6 Å². The van der Waals surface area contributed by atoms with Crippen molar-refractivity contribution in [2.75, 3.05) is 24.5 Å².